The molecular formula is C36H39N11O15P2S. The highest BCUT2D eigenvalue weighted by molar-refractivity contribution is 7.47. The Hall–Kier alpha value is -5.85. The first-order chi connectivity index (χ1) is 30.9. The molecule has 0 saturated carbocycles. The van der Waals surface area contributed by atoms with Crippen LogP contribution in [0.2, 0.25) is 0 Å². The first kappa shape index (κ1) is 47.1. The van der Waals surface area contributed by atoms with Crippen LogP contribution in [0, 0.1) is 6.57 Å². The number of carbonyl (C=O) groups is 2. The maximum atomic E-state index is 14.2. The summed E-state index contributed by atoms with van der Waals surface area (Å²) in [6, 6.07) is 7.51. The average Bonchev–Trinajstić information content (AvgIpc) is 4.05. The molecule has 1 aromatic carbocycles. The monoisotopic (exact) mass is 959 g/mol. The number of esters is 1. The van der Waals surface area contributed by atoms with E-state index in [0.29, 0.717) is 22.7 Å². The molecule has 0 bridgehead atoms. The minimum atomic E-state index is -5.26. The number of phosphoric ester groups is 2. The van der Waals surface area contributed by atoms with Crippen LogP contribution in [0.25, 0.3) is 26.4 Å². The molecule has 8 atom stereocenters. The molecule has 29 heteroatoms. The average molecular weight is 960 g/mol. The van der Waals surface area contributed by atoms with Gasteiger partial charge in [-0.15, -0.1) is 17.9 Å². The first-order valence-electron chi connectivity index (χ1n) is 19.1. The lowest BCUT2D eigenvalue weighted by Crippen LogP contribution is -2.38. The van der Waals surface area contributed by atoms with Crippen LogP contribution in [0.15, 0.2) is 66.6 Å². The van der Waals surface area contributed by atoms with Gasteiger partial charge in [0.05, 0.1) is 37.5 Å². The summed E-state index contributed by atoms with van der Waals surface area (Å²) < 4.78 is 60.5. The molecule has 2 fully saturated rings. The fraction of sp³-hybridized carbons (Fsp3) is 0.361. The van der Waals surface area contributed by atoms with Crippen LogP contribution in [0.1, 0.15) is 47.2 Å². The molecular weight excluding hydrogens is 920 g/mol. The zero-order valence-corrected chi connectivity index (χ0v) is 36.1. The molecule has 1 amide bonds. The van der Waals surface area contributed by atoms with Gasteiger partial charge in [-0.1, -0.05) is 30.3 Å². The Morgan fingerprint density at radius 2 is 1.80 bits per heavy atom. The Bertz CT molecular complexity index is 2780. The van der Waals surface area contributed by atoms with Crippen molar-refractivity contribution in [3.05, 3.63) is 94.4 Å². The number of hydrogen-bond donors (Lipinski definition) is 7. The second-order valence-corrected chi connectivity index (χ2v) is 17.9. The van der Waals surface area contributed by atoms with E-state index in [-0.39, 0.29) is 58.7 Å². The topological polar surface area (TPSA) is 364 Å². The number of fused-ring (bicyclic) bond motifs is 1. The van der Waals surface area contributed by atoms with Crippen LogP contribution in [-0.2, 0) is 48.3 Å². The number of thiazole rings is 1. The number of anilines is 2. The van der Waals surface area contributed by atoms with E-state index in [1.54, 1.807) is 18.2 Å². The van der Waals surface area contributed by atoms with E-state index in [0.717, 1.165) is 22.2 Å². The number of phosphoric acid groups is 2. The number of carbonyl (C=O) groups excluding carboxylic acids is 2. The number of rotatable bonds is 18. The molecule has 5 aromatic rings. The molecule has 26 nitrogen and oxygen atoms in total. The number of nitrogens with two attached hydrogens (primary N) is 2. The van der Waals surface area contributed by atoms with Crippen molar-refractivity contribution in [2.24, 2.45) is 0 Å². The van der Waals surface area contributed by atoms with E-state index >= 15 is 0 Å². The summed E-state index contributed by atoms with van der Waals surface area (Å²) in [5.41, 5.74) is 11.5. The number of allylic oxidation sites excluding steroid dienone is 1. The Morgan fingerprint density at radius 3 is 2.51 bits per heavy atom. The van der Waals surface area contributed by atoms with Gasteiger partial charge in [0.15, 0.2) is 35.2 Å². The van der Waals surface area contributed by atoms with E-state index in [1.165, 1.54) is 35.3 Å². The third kappa shape index (κ3) is 11.2. The van der Waals surface area contributed by atoms with Gasteiger partial charge in [0.25, 0.3) is 0 Å². The van der Waals surface area contributed by atoms with Crippen molar-refractivity contribution < 1.29 is 66.3 Å². The minimum absolute atomic E-state index is 0.00387. The van der Waals surface area contributed by atoms with Gasteiger partial charge >= 0.3 is 27.3 Å². The van der Waals surface area contributed by atoms with E-state index < -0.39 is 83.5 Å². The molecule has 344 valence electrons. The summed E-state index contributed by atoms with van der Waals surface area (Å²) in [5.74, 6) is -1.50. The summed E-state index contributed by atoms with van der Waals surface area (Å²) in [6.45, 7) is 9.10. The van der Waals surface area contributed by atoms with E-state index in [1.807, 2.05) is 0 Å². The fourth-order valence-electron chi connectivity index (χ4n) is 6.74. The molecule has 2 saturated heterocycles. The summed E-state index contributed by atoms with van der Waals surface area (Å²) >= 11 is 1.06. The fourth-order valence-corrected chi connectivity index (χ4v) is 9.04. The van der Waals surface area contributed by atoms with Gasteiger partial charge in [0, 0.05) is 19.0 Å². The number of amides is 1. The van der Waals surface area contributed by atoms with Crippen molar-refractivity contribution in [3.8, 4) is 10.4 Å². The number of aromatic nitrogens is 7. The molecule has 0 spiro atoms. The van der Waals surface area contributed by atoms with Crippen molar-refractivity contribution in [1.29, 1.82) is 0 Å². The van der Waals surface area contributed by atoms with Gasteiger partial charge in [-0.25, -0.2) is 43.5 Å². The molecule has 65 heavy (non-hydrogen) atoms. The highest BCUT2D eigenvalue weighted by Crippen LogP contribution is 2.50. The van der Waals surface area contributed by atoms with Crippen molar-refractivity contribution in [2.45, 2.75) is 68.8 Å². The maximum absolute atomic E-state index is 14.2. The predicted molar refractivity (Wildman–Crippen MR) is 224 cm³/mol. The van der Waals surface area contributed by atoms with Crippen LogP contribution >= 0.6 is 27.0 Å². The lowest BCUT2D eigenvalue weighted by Gasteiger charge is -2.23. The summed E-state index contributed by atoms with van der Waals surface area (Å²) in [7, 11) is -10.3. The molecule has 2 aliphatic rings. The third-order valence-electron chi connectivity index (χ3n) is 9.77. The second kappa shape index (κ2) is 19.7. The quantitative estimate of drug-likeness (QED) is 0.0285. The lowest BCUT2D eigenvalue weighted by atomic mass is 10.1. The van der Waals surface area contributed by atoms with Crippen LogP contribution in [-0.4, -0.2) is 109 Å². The number of benzene rings is 1. The zero-order valence-electron chi connectivity index (χ0n) is 33.5. The lowest BCUT2D eigenvalue weighted by molar-refractivity contribution is -0.121. The highest BCUT2D eigenvalue weighted by Gasteiger charge is 2.50. The van der Waals surface area contributed by atoms with Crippen LogP contribution in [0.4, 0.5) is 17.3 Å². The maximum Gasteiger partial charge on any atom is 0.472 e. The molecule has 3 unspecified atom stereocenters. The smallest absolute Gasteiger partial charge is 0.452 e. The van der Waals surface area contributed by atoms with Gasteiger partial charge in [-0.05, 0) is 18.1 Å². The Balaban J connectivity index is 1.15. The summed E-state index contributed by atoms with van der Waals surface area (Å²) in [5, 5.41) is 14.8. The Kier molecular flexibility index (Phi) is 14.3. The number of ether oxygens (including phenoxy) is 3. The number of nitrogens with zero attached hydrogens (tertiary/aromatic N) is 8. The Labute approximate surface area is 370 Å². The van der Waals surface area contributed by atoms with E-state index in [9.17, 15) is 43.3 Å². The molecule has 0 radical (unpaired) electrons. The van der Waals surface area contributed by atoms with E-state index in [4.69, 9.17) is 41.3 Å². The third-order valence-corrected chi connectivity index (χ3v) is 12.4. The van der Waals surface area contributed by atoms with E-state index in [2.05, 4.69) is 46.2 Å². The second-order valence-electron chi connectivity index (χ2n) is 14.2. The number of nitrogen functional groups attached to an aromatic ring is 2. The minimum Gasteiger partial charge on any atom is -0.452 e. The highest BCUT2D eigenvalue weighted by atomic mass is 32.1. The van der Waals surface area contributed by atoms with Crippen molar-refractivity contribution in [1.82, 2.24) is 39.4 Å². The standard InChI is InChI=1S/C36H39N11O15P2S/c1-3-4-5-24(48)40-13-25-45-27(31(65-25)18-6-8-19(39-2)9-7-18)35(50)61-30-22(60-34(29(30)49)47-17-43-28-32(38)41-16-42-33(28)47)15-58-64(55,56)62-20-12-26(46-11-10-23(37)44-36(46)51)59-21(20)14-57-63(52,53)54/h3,6-11,16-17,20-22,26,29-30,34,49H,1,4-5,12-15H2,(H,40,48)(H,55,56)(H2,37,44,51)(H2,38,41,42)(H2,52,53,54)/t20?,21-,22-,26-,29+,30?,34-/m1/s1. The largest absolute Gasteiger partial charge is 0.472 e. The molecule has 4 aromatic heterocycles. The van der Waals surface area contributed by atoms with Gasteiger partial charge in [-0.2, -0.15) is 4.98 Å². The molecule has 6 heterocycles. The molecule has 0 aliphatic carbocycles. The van der Waals surface area contributed by atoms with Crippen molar-refractivity contribution in [3.63, 3.8) is 0 Å². The zero-order chi connectivity index (χ0) is 46.6. The SMILES string of the molecule is [C-]#[N+]c1ccc(-c2sc(CNC(=O)CCC=C)nc2C(=O)OC2[C@@H](COP(=O)(O)OC3C[C@H](n4ccc(N)nc4=O)O[C@@H]3COP(=O)(O)O)O[C@@H](n3cnc4c(N)ncnc43)[C@H]2O)cc1. The molecule has 2 aliphatic heterocycles. The van der Waals surface area contributed by atoms with Crippen LogP contribution < -0.4 is 22.5 Å². The predicted octanol–water partition coefficient (Wildman–Crippen LogP) is 1.89. The van der Waals surface area contributed by atoms with Crippen molar-refractivity contribution >= 4 is 67.3 Å². The van der Waals surface area contributed by atoms with Crippen LogP contribution in [0.5, 0.6) is 0 Å². The number of nitrogens with one attached hydrogen (secondary N) is 1. The van der Waals surface area contributed by atoms with Gasteiger partial charge in [0.2, 0.25) is 5.91 Å². The summed E-state index contributed by atoms with van der Waals surface area (Å²) in [6.07, 6.45) is -5.20. The number of imidazole rings is 1. The van der Waals surface area contributed by atoms with Gasteiger partial charge in [-0.3, -0.25) is 27.5 Å². The first-order valence-corrected chi connectivity index (χ1v) is 23.0. The van der Waals surface area contributed by atoms with Crippen LogP contribution in [0.3, 0.4) is 0 Å². The van der Waals surface area contributed by atoms with Gasteiger partial charge in [0.1, 0.15) is 53.3 Å². The normalized spacial score (nSPS) is 22.9. The van der Waals surface area contributed by atoms with Gasteiger partial charge < -0.3 is 50.8 Å². The summed E-state index contributed by atoms with van der Waals surface area (Å²) in [4.78, 5) is 92.9. The molecule has 9 N–H and O–H groups in total. The number of aliphatic hydroxyl groups is 1. The number of aliphatic hydroxyl groups excluding tert-OH is 1. The molecule has 7 rings (SSSR count). The Morgan fingerprint density at radius 1 is 1.05 bits per heavy atom. The number of hydrogen-bond acceptors (Lipinski definition) is 20. The van der Waals surface area contributed by atoms with Crippen molar-refractivity contribution in [2.75, 3.05) is 24.7 Å².